The third-order valence-electron chi connectivity index (χ3n) is 5.56. The lowest BCUT2D eigenvalue weighted by atomic mass is 9.99. The maximum atomic E-state index is 12.7. The van der Waals surface area contributed by atoms with Crippen molar-refractivity contribution < 1.29 is 0 Å². The summed E-state index contributed by atoms with van der Waals surface area (Å²) in [6.07, 6.45) is 12.0. The van der Waals surface area contributed by atoms with Gasteiger partial charge in [-0.1, -0.05) is 6.42 Å². The van der Waals surface area contributed by atoms with Crippen molar-refractivity contribution in [2.24, 2.45) is 0 Å². The number of nitrogens with one attached hydrogen (secondary N) is 1. The molecule has 0 aromatic carbocycles. The van der Waals surface area contributed by atoms with Gasteiger partial charge in [-0.2, -0.15) is 4.68 Å². The molecule has 3 aromatic heterocycles. The van der Waals surface area contributed by atoms with E-state index in [0.717, 1.165) is 25.5 Å². The lowest BCUT2D eigenvalue weighted by Crippen LogP contribution is -2.55. The summed E-state index contributed by atoms with van der Waals surface area (Å²) in [6, 6.07) is 2.49. The Labute approximate surface area is 156 Å². The summed E-state index contributed by atoms with van der Waals surface area (Å²) in [5, 5.41) is 2.99. The topological polar surface area (TPSA) is 87.9 Å². The van der Waals surface area contributed by atoms with Crippen molar-refractivity contribution in [3.8, 4) is 11.5 Å². The van der Waals surface area contributed by atoms with Crippen LogP contribution in [0.3, 0.4) is 0 Å². The molecule has 5 heterocycles. The quantitative estimate of drug-likeness (QED) is 0.738. The average Bonchev–Trinajstić information content (AvgIpc) is 3.37. The van der Waals surface area contributed by atoms with Crippen LogP contribution in [0.4, 0.5) is 5.82 Å². The van der Waals surface area contributed by atoms with Gasteiger partial charge in [0.15, 0.2) is 5.82 Å². The summed E-state index contributed by atoms with van der Waals surface area (Å²) < 4.78 is 3.12. The van der Waals surface area contributed by atoms with Crippen LogP contribution < -0.4 is 10.5 Å². The van der Waals surface area contributed by atoms with Gasteiger partial charge < -0.3 is 4.90 Å². The fraction of sp³-hybridized carbons (Fsp3) is 0.444. The third-order valence-corrected chi connectivity index (χ3v) is 5.56. The van der Waals surface area contributed by atoms with Crippen LogP contribution >= 0.6 is 0 Å². The van der Waals surface area contributed by atoms with Crippen molar-refractivity contribution in [1.82, 2.24) is 34.2 Å². The lowest BCUT2D eigenvalue weighted by molar-refractivity contribution is 0.133. The summed E-state index contributed by atoms with van der Waals surface area (Å²) in [5.74, 6) is 1.42. The Hall–Kier alpha value is -2.94. The van der Waals surface area contributed by atoms with Crippen molar-refractivity contribution >= 4 is 5.82 Å². The molecule has 0 bridgehead atoms. The van der Waals surface area contributed by atoms with Crippen LogP contribution in [0.5, 0.6) is 0 Å². The van der Waals surface area contributed by atoms with Crippen LogP contribution in [0.15, 0.2) is 42.1 Å². The first kappa shape index (κ1) is 16.2. The minimum atomic E-state index is -0.172. The smallest absolute Gasteiger partial charge is 0.296 e. The van der Waals surface area contributed by atoms with Crippen LogP contribution in [-0.4, -0.2) is 66.4 Å². The molecule has 0 saturated carbocycles. The van der Waals surface area contributed by atoms with Crippen LogP contribution in [0.25, 0.3) is 11.5 Å². The molecule has 27 heavy (non-hydrogen) atoms. The molecule has 1 N–H and O–H groups in total. The first-order valence-corrected chi connectivity index (χ1v) is 9.40. The highest BCUT2D eigenvalue weighted by molar-refractivity contribution is 5.44. The van der Waals surface area contributed by atoms with Crippen molar-refractivity contribution in [2.75, 3.05) is 31.1 Å². The molecule has 2 saturated heterocycles. The SMILES string of the molecule is O=c1c(-n2ccnc2)c[nH]n1-c1cc(N2CCN3CCCCC3C2)ncn1. The van der Waals surface area contributed by atoms with E-state index in [1.807, 2.05) is 6.07 Å². The number of H-pyrrole nitrogens is 1. The van der Waals surface area contributed by atoms with Gasteiger partial charge in [-0.3, -0.25) is 19.4 Å². The normalized spacial score (nSPS) is 20.6. The van der Waals surface area contributed by atoms with Crippen LogP contribution in [-0.2, 0) is 0 Å². The molecule has 3 aromatic rings. The first-order chi connectivity index (χ1) is 13.3. The largest absolute Gasteiger partial charge is 0.354 e. The molecular formula is C18H22N8O. The summed E-state index contributed by atoms with van der Waals surface area (Å²) >= 11 is 0. The van der Waals surface area contributed by atoms with Crippen molar-refractivity contribution in [3.05, 3.63) is 47.7 Å². The second kappa shape index (κ2) is 6.66. The fourth-order valence-electron chi connectivity index (χ4n) is 4.11. The zero-order chi connectivity index (χ0) is 18.2. The van der Waals surface area contributed by atoms with Crippen molar-refractivity contribution in [3.63, 3.8) is 0 Å². The average molecular weight is 366 g/mol. The molecule has 2 fully saturated rings. The molecule has 0 amide bonds. The number of aromatic amines is 1. The Morgan fingerprint density at radius 2 is 2.04 bits per heavy atom. The number of nitrogens with zero attached hydrogens (tertiary/aromatic N) is 7. The number of imidazole rings is 1. The molecule has 0 aliphatic carbocycles. The predicted molar refractivity (Wildman–Crippen MR) is 101 cm³/mol. The Balaban J connectivity index is 1.42. The number of hydrogen-bond donors (Lipinski definition) is 1. The monoisotopic (exact) mass is 366 g/mol. The van der Waals surface area contributed by atoms with Gasteiger partial charge in [0.05, 0.1) is 6.33 Å². The van der Waals surface area contributed by atoms with E-state index in [4.69, 9.17) is 0 Å². The van der Waals surface area contributed by atoms with Crippen LogP contribution in [0.2, 0.25) is 0 Å². The molecule has 0 spiro atoms. The standard InChI is InChI=1S/C18H22N8O/c27-18-15(25-6-4-19-13-25)10-22-26(18)17-9-16(20-12-21-17)24-8-7-23-5-2-1-3-14(23)11-24/h4,6,9-10,12-14,22H,1-3,5,7-8,11H2. The fourth-order valence-corrected chi connectivity index (χ4v) is 4.11. The number of fused-ring (bicyclic) bond motifs is 1. The van der Waals surface area contributed by atoms with Gasteiger partial charge in [0.2, 0.25) is 0 Å². The molecule has 1 unspecified atom stereocenters. The molecule has 1 atom stereocenters. The van der Waals surface area contributed by atoms with Gasteiger partial charge in [0.1, 0.15) is 17.8 Å². The van der Waals surface area contributed by atoms with E-state index in [2.05, 4.69) is 29.9 Å². The Bertz CT molecular complexity index is 975. The van der Waals surface area contributed by atoms with E-state index in [1.165, 1.54) is 36.8 Å². The third kappa shape index (κ3) is 2.93. The summed E-state index contributed by atoms with van der Waals surface area (Å²) in [4.78, 5) is 30.4. The van der Waals surface area contributed by atoms with E-state index in [1.54, 1.807) is 29.5 Å². The van der Waals surface area contributed by atoms with Gasteiger partial charge in [-0.15, -0.1) is 0 Å². The number of hydrogen-bond acceptors (Lipinski definition) is 6. The van der Waals surface area contributed by atoms with E-state index in [9.17, 15) is 4.79 Å². The molecular weight excluding hydrogens is 344 g/mol. The zero-order valence-electron chi connectivity index (χ0n) is 15.0. The zero-order valence-corrected chi connectivity index (χ0v) is 15.0. The molecule has 0 radical (unpaired) electrons. The summed E-state index contributed by atoms with van der Waals surface area (Å²) in [7, 11) is 0. The Kier molecular flexibility index (Phi) is 4.01. The number of rotatable bonds is 3. The second-order valence-corrected chi connectivity index (χ2v) is 7.14. The highest BCUT2D eigenvalue weighted by Crippen LogP contribution is 2.24. The highest BCUT2D eigenvalue weighted by atomic mass is 16.1. The lowest BCUT2D eigenvalue weighted by Gasteiger charge is -2.44. The van der Waals surface area contributed by atoms with E-state index >= 15 is 0 Å². The van der Waals surface area contributed by atoms with Crippen molar-refractivity contribution in [1.29, 1.82) is 0 Å². The predicted octanol–water partition coefficient (Wildman–Crippen LogP) is 0.816. The van der Waals surface area contributed by atoms with Gasteiger partial charge in [-0.25, -0.2) is 15.0 Å². The van der Waals surface area contributed by atoms with E-state index < -0.39 is 0 Å². The van der Waals surface area contributed by atoms with Gasteiger partial charge in [-0.05, 0) is 19.4 Å². The highest BCUT2D eigenvalue weighted by Gasteiger charge is 2.29. The van der Waals surface area contributed by atoms with Crippen LogP contribution in [0.1, 0.15) is 19.3 Å². The van der Waals surface area contributed by atoms with E-state index in [0.29, 0.717) is 17.5 Å². The Morgan fingerprint density at radius 1 is 1.11 bits per heavy atom. The van der Waals surface area contributed by atoms with Gasteiger partial charge >= 0.3 is 0 Å². The minimum absolute atomic E-state index is 0.172. The van der Waals surface area contributed by atoms with Gasteiger partial charge in [0.25, 0.3) is 5.56 Å². The second-order valence-electron chi connectivity index (χ2n) is 7.14. The number of anilines is 1. The Morgan fingerprint density at radius 3 is 2.93 bits per heavy atom. The van der Waals surface area contributed by atoms with Crippen molar-refractivity contribution in [2.45, 2.75) is 25.3 Å². The molecule has 9 nitrogen and oxygen atoms in total. The molecule has 140 valence electrons. The van der Waals surface area contributed by atoms with Gasteiger partial charge in [0, 0.05) is 50.3 Å². The minimum Gasteiger partial charge on any atom is -0.354 e. The van der Waals surface area contributed by atoms with E-state index in [-0.39, 0.29) is 5.56 Å². The summed E-state index contributed by atoms with van der Waals surface area (Å²) in [5.41, 5.74) is 0.332. The molecule has 2 aliphatic rings. The first-order valence-electron chi connectivity index (χ1n) is 9.40. The maximum absolute atomic E-state index is 12.7. The number of piperazine rings is 1. The molecule has 9 heteroatoms. The molecule has 5 rings (SSSR count). The number of piperidine rings is 1. The summed E-state index contributed by atoms with van der Waals surface area (Å²) in [6.45, 7) is 4.21. The number of aromatic nitrogens is 6. The molecule has 2 aliphatic heterocycles. The van der Waals surface area contributed by atoms with Crippen LogP contribution in [0, 0.1) is 0 Å². The maximum Gasteiger partial charge on any atom is 0.296 e.